The van der Waals surface area contributed by atoms with Crippen molar-refractivity contribution in [1.29, 1.82) is 0 Å². The van der Waals surface area contributed by atoms with Gasteiger partial charge in [-0.2, -0.15) is 0 Å². The van der Waals surface area contributed by atoms with Gasteiger partial charge in [0, 0.05) is 51.1 Å². The van der Waals surface area contributed by atoms with E-state index >= 15 is 0 Å². The molecule has 1 aromatic rings. The molecule has 1 saturated carbocycles. The molecule has 0 spiro atoms. The van der Waals surface area contributed by atoms with Crippen LogP contribution >= 0.6 is 24.0 Å². The first-order chi connectivity index (χ1) is 15.5. The Morgan fingerprint density at radius 2 is 1.94 bits per heavy atom. The lowest BCUT2D eigenvalue weighted by molar-refractivity contribution is -0.132. The molecular weight excluding hydrogens is 529 g/mol. The number of halogens is 1. The van der Waals surface area contributed by atoms with E-state index in [1.54, 1.807) is 7.05 Å². The van der Waals surface area contributed by atoms with E-state index < -0.39 is 0 Å². The van der Waals surface area contributed by atoms with Crippen LogP contribution in [0.2, 0.25) is 0 Å². The molecule has 8 heteroatoms. The van der Waals surface area contributed by atoms with E-state index in [0.29, 0.717) is 13.0 Å². The van der Waals surface area contributed by atoms with Gasteiger partial charge in [-0.25, -0.2) is 0 Å². The minimum atomic E-state index is 0. The molecular formula is C25H40IN5O2. The highest BCUT2D eigenvalue weighted by molar-refractivity contribution is 14.0. The van der Waals surface area contributed by atoms with Gasteiger partial charge in [0.15, 0.2) is 5.96 Å². The summed E-state index contributed by atoms with van der Waals surface area (Å²) in [5.41, 5.74) is 2.63. The Labute approximate surface area is 215 Å². The molecule has 0 aromatic heterocycles. The molecule has 1 aliphatic carbocycles. The normalized spacial score (nSPS) is 20.5. The van der Waals surface area contributed by atoms with Crippen molar-refractivity contribution in [3.8, 4) is 0 Å². The number of benzene rings is 1. The summed E-state index contributed by atoms with van der Waals surface area (Å²) in [6.45, 7) is 6.22. The van der Waals surface area contributed by atoms with E-state index in [0.717, 1.165) is 57.6 Å². The Morgan fingerprint density at radius 3 is 2.67 bits per heavy atom. The van der Waals surface area contributed by atoms with Gasteiger partial charge in [-0.15, -0.1) is 24.0 Å². The molecule has 0 bridgehead atoms. The van der Waals surface area contributed by atoms with Crippen LogP contribution in [0.1, 0.15) is 63.5 Å². The van der Waals surface area contributed by atoms with Gasteiger partial charge in [0.1, 0.15) is 0 Å². The van der Waals surface area contributed by atoms with Gasteiger partial charge < -0.3 is 20.9 Å². The smallest absolute Gasteiger partial charge is 0.223 e. The van der Waals surface area contributed by atoms with Crippen molar-refractivity contribution in [2.75, 3.05) is 20.1 Å². The average Bonchev–Trinajstić information content (AvgIpc) is 2.80. The van der Waals surface area contributed by atoms with Crippen LogP contribution in [0.15, 0.2) is 29.3 Å². The number of aliphatic imine (C=N–C) groups is 1. The fraction of sp³-hybridized carbons (Fsp3) is 0.640. The number of hydrogen-bond acceptors (Lipinski definition) is 3. The SMILES string of the molecule is CN=C(NCCCC(=O)N1CCc2ccccc2C1)NC1CCCC(C(=O)NC(C)C)C1.I. The molecule has 2 amide bonds. The van der Waals surface area contributed by atoms with Crippen LogP contribution in [-0.2, 0) is 22.6 Å². The second-order valence-electron chi connectivity index (χ2n) is 9.30. The molecule has 2 unspecified atom stereocenters. The van der Waals surface area contributed by atoms with E-state index in [4.69, 9.17) is 0 Å². The van der Waals surface area contributed by atoms with E-state index in [2.05, 4.69) is 39.1 Å². The molecule has 2 aliphatic rings. The Hall–Kier alpha value is -1.84. The van der Waals surface area contributed by atoms with Crippen LogP contribution in [0.25, 0.3) is 0 Å². The Bertz CT molecular complexity index is 814. The minimum absolute atomic E-state index is 0. The monoisotopic (exact) mass is 569 g/mol. The van der Waals surface area contributed by atoms with Crippen LogP contribution in [0.5, 0.6) is 0 Å². The van der Waals surface area contributed by atoms with Gasteiger partial charge in [0.05, 0.1) is 0 Å². The van der Waals surface area contributed by atoms with Gasteiger partial charge in [-0.05, 0) is 57.1 Å². The summed E-state index contributed by atoms with van der Waals surface area (Å²) >= 11 is 0. The Kier molecular flexibility index (Phi) is 11.4. The summed E-state index contributed by atoms with van der Waals surface area (Å²) in [5.74, 6) is 1.19. The van der Waals surface area contributed by atoms with Gasteiger partial charge >= 0.3 is 0 Å². The topological polar surface area (TPSA) is 85.8 Å². The van der Waals surface area contributed by atoms with E-state index in [9.17, 15) is 9.59 Å². The largest absolute Gasteiger partial charge is 0.356 e. The molecule has 0 saturated heterocycles. The lowest BCUT2D eigenvalue weighted by atomic mass is 9.85. The molecule has 1 aliphatic heterocycles. The van der Waals surface area contributed by atoms with Crippen LogP contribution < -0.4 is 16.0 Å². The molecule has 7 nitrogen and oxygen atoms in total. The Morgan fingerprint density at radius 1 is 1.18 bits per heavy atom. The summed E-state index contributed by atoms with van der Waals surface area (Å²) in [7, 11) is 1.76. The van der Waals surface area contributed by atoms with Crippen LogP contribution in [0.4, 0.5) is 0 Å². The number of carbonyl (C=O) groups is 2. The first-order valence-electron chi connectivity index (χ1n) is 12.1. The van der Waals surface area contributed by atoms with E-state index in [-0.39, 0.29) is 53.8 Å². The number of nitrogens with one attached hydrogen (secondary N) is 3. The molecule has 184 valence electrons. The zero-order chi connectivity index (χ0) is 22.9. The first kappa shape index (κ1) is 27.4. The van der Waals surface area contributed by atoms with Gasteiger partial charge in [-0.1, -0.05) is 30.7 Å². The molecule has 3 rings (SSSR count). The van der Waals surface area contributed by atoms with Gasteiger partial charge in [-0.3, -0.25) is 14.6 Å². The van der Waals surface area contributed by atoms with Crippen molar-refractivity contribution in [1.82, 2.24) is 20.9 Å². The molecule has 0 radical (unpaired) electrons. The maximum Gasteiger partial charge on any atom is 0.223 e. The van der Waals surface area contributed by atoms with E-state index in [1.165, 1.54) is 11.1 Å². The van der Waals surface area contributed by atoms with Gasteiger partial charge in [0.25, 0.3) is 0 Å². The van der Waals surface area contributed by atoms with Gasteiger partial charge in [0.2, 0.25) is 11.8 Å². The number of guanidine groups is 1. The van der Waals surface area contributed by atoms with E-state index in [1.807, 2.05) is 24.8 Å². The number of rotatable bonds is 7. The third-order valence-electron chi connectivity index (χ3n) is 6.38. The van der Waals surface area contributed by atoms with Crippen LogP contribution in [0.3, 0.4) is 0 Å². The Balaban J connectivity index is 0.00000385. The third-order valence-corrected chi connectivity index (χ3v) is 6.38. The molecule has 3 N–H and O–H groups in total. The summed E-state index contributed by atoms with van der Waals surface area (Å²) in [6, 6.07) is 8.80. The highest BCUT2D eigenvalue weighted by atomic mass is 127. The molecule has 1 fully saturated rings. The van der Waals surface area contributed by atoms with Crippen molar-refractivity contribution in [3.63, 3.8) is 0 Å². The number of nitrogens with zero attached hydrogens (tertiary/aromatic N) is 2. The summed E-state index contributed by atoms with van der Waals surface area (Å²) in [6.07, 6.45) is 6.10. The standard InChI is InChI=1S/C25H39N5O2.HI/c1-18(2)28-24(32)20-10-6-11-22(16-20)29-25(26-3)27-14-7-12-23(31)30-15-13-19-8-4-5-9-21(19)17-30;/h4-5,8-9,18,20,22H,6-7,10-17H2,1-3H3,(H,28,32)(H2,26,27,29);1H. The van der Waals surface area contributed by atoms with Crippen molar-refractivity contribution in [2.24, 2.45) is 10.9 Å². The predicted octanol–water partition coefficient (Wildman–Crippen LogP) is 3.22. The van der Waals surface area contributed by atoms with Crippen LogP contribution in [0, 0.1) is 5.92 Å². The molecule has 1 aromatic carbocycles. The number of carbonyl (C=O) groups excluding carboxylic acids is 2. The first-order valence-corrected chi connectivity index (χ1v) is 12.1. The summed E-state index contributed by atoms with van der Waals surface area (Å²) in [4.78, 5) is 31.3. The fourth-order valence-electron chi connectivity index (χ4n) is 4.66. The predicted molar refractivity (Wildman–Crippen MR) is 144 cm³/mol. The average molecular weight is 570 g/mol. The zero-order valence-electron chi connectivity index (χ0n) is 20.2. The fourth-order valence-corrected chi connectivity index (χ4v) is 4.66. The molecule has 2 atom stereocenters. The van der Waals surface area contributed by atoms with Crippen molar-refractivity contribution < 1.29 is 9.59 Å². The third kappa shape index (κ3) is 8.46. The minimum Gasteiger partial charge on any atom is -0.356 e. The van der Waals surface area contributed by atoms with Crippen LogP contribution in [-0.4, -0.2) is 54.9 Å². The second-order valence-corrected chi connectivity index (χ2v) is 9.30. The summed E-state index contributed by atoms with van der Waals surface area (Å²) < 4.78 is 0. The molecule has 33 heavy (non-hydrogen) atoms. The summed E-state index contributed by atoms with van der Waals surface area (Å²) in [5, 5.41) is 9.84. The number of fused-ring (bicyclic) bond motifs is 1. The maximum absolute atomic E-state index is 12.6. The second kappa shape index (κ2) is 13.8. The lowest BCUT2D eigenvalue weighted by Gasteiger charge is -2.30. The van der Waals surface area contributed by atoms with Crippen molar-refractivity contribution in [3.05, 3.63) is 35.4 Å². The molecule has 1 heterocycles. The maximum atomic E-state index is 12.6. The lowest BCUT2D eigenvalue weighted by Crippen LogP contribution is -2.47. The van der Waals surface area contributed by atoms with Crippen molar-refractivity contribution in [2.45, 2.75) is 77.4 Å². The zero-order valence-corrected chi connectivity index (χ0v) is 22.6. The number of hydrogen-bond donors (Lipinski definition) is 3. The highest BCUT2D eigenvalue weighted by Crippen LogP contribution is 2.24. The number of amides is 2. The quantitative estimate of drug-likeness (QED) is 0.204. The van der Waals surface area contributed by atoms with Crippen molar-refractivity contribution >= 4 is 41.8 Å². The highest BCUT2D eigenvalue weighted by Gasteiger charge is 2.28.